The number of carbonyl (C=O) groups excluding carboxylic acids is 1. The van der Waals surface area contributed by atoms with Crippen molar-refractivity contribution in [3.63, 3.8) is 0 Å². The lowest BCUT2D eigenvalue weighted by atomic mass is 9.89. The molecule has 0 rings (SSSR count). The maximum Gasteiger partial charge on any atom is 0.136 e. The van der Waals surface area contributed by atoms with Gasteiger partial charge >= 0.3 is 0 Å². The Morgan fingerprint density at radius 1 is 1.09 bits per heavy atom. The Labute approximate surface area is 70.2 Å². The van der Waals surface area contributed by atoms with Crippen LogP contribution in [0.1, 0.15) is 41.0 Å². The molecular weight excluding hydrogens is 136 g/mol. The van der Waals surface area contributed by atoms with Gasteiger partial charge in [-0.05, 0) is 11.8 Å². The Kier molecular flexibility index (Phi) is 4.39. The predicted octanol–water partition coefficient (Wildman–Crippen LogP) is 2.89. The lowest BCUT2D eigenvalue weighted by molar-refractivity contribution is -0.124. The summed E-state index contributed by atoms with van der Waals surface area (Å²) in [6, 6.07) is 0. The van der Waals surface area contributed by atoms with Crippen molar-refractivity contribution in [1.29, 1.82) is 0 Å². The van der Waals surface area contributed by atoms with Crippen LogP contribution >= 0.6 is 0 Å². The second kappa shape index (κ2) is 4.53. The molecule has 0 amide bonds. The molecule has 0 aliphatic rings. The van der Waals surface area contributed by atoms with E-state index in [9.17, 15) is 4.79 Å². The van der Waals surface area contributed by atoms with Crippen LogP contribution in [0.25, 0.3) is 0 Å². The highest BCUT2D eigenvalue weighted by Gasteiger charge is 2.16. The average molecular weight is 156 g/mol. The summed E-state index contributed by atoms with van der Waals surface area (Å²) in [5.74, 6) is 1.64. The molecule has 0 radical (unpaired) electrons. The zero-order valence-corrected chi connectivity index (χ0v) is 8.35. The van der Waals surface area contributed by atoms with E-state index in [0.29, 0.717) is 17.6 Å². The van der Waals surface area contributed by atoms with E-state index in [2.05, 4.69) is 27.7 Å². The third-order valence-electron chi connectivity index (χ3n) is 2.12. The van der Waals surface area contributed by atoms with Crippen molar-refractivity contribution in [3.05, 3.63) is 0 Å². The quantitative estimate of drug-likeness (QED) is 0.611. The Hall–Kier alpha value is -0.330. The Bertz CT molecular complexity index is 125. The smallest absolute Gasteiger partial charge is 0.136 e. The molecule has 0 aromatic heterocycles. The lowest BCUT2D eigenvalue weighted by Gasteiger charge is -2.14. The van der Waals surface area contributed by atoms with Crippen LogP contribution in [0, 0.1) is 17.8 Å². The van der Waals surface area contributed by atoms with Gasteiger partial charge < -0.3 is 0 Å². The van der Waals surface area contributed by atoms with Crippen LogP contribution in [-0.2, 0) is 4.79 Å². The number of hydrogen-bond acceptors (Lipinski definition) is 1. The first-order valence-corrected chi connectivity index (χ1v) is 4.47. The second-order valence-corrected chi connectivity index (χ2v) is 4.10. The largest absolute Gasteiger partial charge is 0.299 e. The molecule has 0 aliphatic carbocycles. The summed E-state index contributed by atoms with van der Waals surface area (Å²) in [5.41, 5.74) is 0. The van der Waals surface area contributed by atoms with E-state index in [1.165, 1.54) is 0 Å². The number of carbonyl (C=O) groups is 1. The summed E-state index contributed by atoms with van der Waals surface area (Å²) in [5, 5.41) is 0. The second-order valence-electron chi connectivity index (χ2n) is 4.10. The molecule has 0 heterocycles. The zero-order chi connectivity index (χ0) is 9.02. The van der Waals surface area contributed by atoms with Gasteiger partial charge in [-0.25, -0.2) is 0 Å². The van der Waals surface area contributed by atoms with Crippen molar-refractivity contribution in [3.8, 4) is 0 Å². The summed E-state index contributed by atoms with van der Waals surface area (Å²) in [4.78, 5) is 11.4. The van der Waals surface area contributed by atoms with Crippen LogP contribution in [0.2, 0.25) is 0 Å². The van der Waals surface area contributed by atoms with Gasteiger partial charge in [0.1, 0.15) is 5.78 Å². The van der Waals surface area contributed by atoms with E-state index in [1.54, 1.807) is 0 Å². The van der Waals surface area contributed by atoms with Crippen LogP contribution < -0.4 is 0 Å². The van der Waals surface area contributed by atoms with Crippen LogP contribution in [0.15, 0.2) is 0 Å². The van der Waals surface area contributed by atoms with Gasteiger partial charge in [0.25, 0.3) is 0 Å². The summed E-state index contributed by atoms with van der Waals surface area (Å²) < 4.78 is 0. The maximum absolute atomic E-state index is 11.4. The molecule has 0 saturated carbocycles. The normalized spacial score (nSPS) is 14.1. The predicted molar refractivity (Wildman–Crippen MR) is 48.5 cm³/mol. The molecule has 1 nitrogen and oxygen atoms in total. The van der Waals surface area contributed by atoms with Crippen molar-refractivity contribution in [1.82, 2.24) is 0 Å². The molecule has 1 heteroatoms. The van der Waals surface area contributed by atoms with Gasteiger partial charge in [-0.2, -0.15) is 0 Å². The minimum atomic E-state index is 0.234. The highest BCUT2D eigenvalue weighted by molar-refractivity contribution is 5.80. The fourth-order valence-corrected chi connectivity index (χ4v) is 0.960. The van der Waals surface area contributed by atoms with E-state index >= 15 is 0 Å². The summed E-state index contributed by atoms with van der Waals surface area (Å²) in [6.45, 7) is 10.4. The Morgan fingerprint density at radius 2 is 1.55 bits per heavy atom. The van der Waals surface area contributed by atoms with Crippen LogP contribution in [0.5, 0.6) is 0 Å². The van der Waals surface area contributed by atoms with Gasteiger partial charge in [-0.1, -0.05) is 34.6 Å². The molecular formula is C10H20O. The first kappa shape index (κ1) is 10.7. The van der Waals surface area contributed by atoms with Crippen molar-refractivity contribution in [2.24, 2.45) is 17.8 Å². The van der Waals surface area contributed by atoms with Crippen molar-refractivity contribution < 1.29 is 4.79 Å². The van der Waals surface area contributed by atoms with Crippen molar-refractivity contribution >= 4 is 5.78 Å². The fraction of sp³-hybridized carbons (Fsp3) is 0.900. The fourth-order valence-electron chi connectivity index (χ4n) is 0.960. The molecule has 0 aromatic rings. The minimum Gasteiger partial charge on any atom is -0.299 e. The zero-order valence-electron chi connectivity index (χ0n) is 8.35. The van der Waals surface area contributed by atoms with E-state index in [0.717, 1.165) is 6.42 Å². The molecule has 11 heavy (non-hydrogen) atoms. The third kappa shape index (κ3) is 4.18. The minimum absolute atomic E-state index is 0.234. The monoisotopic (exact) mass is 156 g/mol. The molecule has 0 bridgehead atoms. The van der Waals surface area contributed by atoms with Gasteiger partial charge in [0.15, 0.2) is 0 Å². The number of ketones is 1. The molecule has 0 aliphatic heterocycles. The van der Waals surface area contributed by atoms with Gasteiger partial charge in [0.05, 0.1) is 0 Å². The molecule has 66 valence electrons. The van der Waals surface area contributed by atoms with E-state index in [1.807, 2.05) is 6.92 Å². The standard InChI is InChI=1S/C10H20O/c1-7(2)6-10(11)9(5)8(3)4/h7-9H,6H2,1-5H3/t9-/m0/s1. The molecule has 0 aromatic carbocycles. The molecule has 0 unspecified atom stereocenters. The number of Topliss-reactive ketones (excluding diaryl/α,β-unsaturated/α-hetero) is 1. The summed E-state index contributed by atoms with van der Waals surface area (Å²) in [7, 11) is 0. The topological polar surface area (TPSA) is 17.1 Å². The number of hydrogen-bond donors (Lipinski definition) is 0. The Morgan fingerprint density at radius 3 is 1.82 bits per heavy atom. The maximum atomic E-state index is 11.4. The highest BCUT2D eigenvalue weighted by atomic mass is 16.1. The first-order valence-electron chi connectivity index (χ1n) is 4.47. The first-order chi connectivity index (χ1) is 4.95. The van der Waals surface area contributed by atoms with Gasteiger partial charge in [-0.15, -0.1) is 0 Å². The Balaban J connectivity index is 3.83. The van der Waals surface area contributed by atoms with Crippen LogP contribution in [0.4, 0.5) is 0 Å². The third-order valence-corrected chi connectivity index (χ3v) is 2.12. The number of rotatable bonds is 4. The molecule has 0 spiro atoms. The van der Waals surface area contributed by atoms with Crippen LogP contribution in [0.3, 0.4) is 0 Å². The van der Waals surface area contributed by atoms with Crippen LogP contribution in [-0.4, -0.2) is 5.78 Å². The summed E-state index contributed by atoms with van der Waals surface area (Å²) >= 11 is 0. The van der Waals surface area contributed by atoms with Gasteiger partial charge in [0.2, 0.25) is 0 Å². The molecule has 1 atom stereocenters. The van der Waals surface area contributed by atoms with Gasteiger partial charge in [-0.3, -0.25) is 4.79 Å². The van der Waals surface area contributed by atoms with E-state index < -0.39 is 0 Å². The van der Waals surface area contributed by atoms with E-state index in [4.69, 9.17) is 0 Å². The molecule has 0 fully saturated rings. The van der Waals surface area contributed by atoms with Gasteiger partial charge in [0, 0.05) is 12.3 Å². The highest BCUT2D eigenvalue weighted by Crippen LogP contribution is 2.15. The molecule has 0 N–H and O–H groups in total. The average Bonchev–Trinajstić information content (AvgIpc) is 1.84. The molecule has 0 saturated heterocycles. The lowest BCUT2D eigenvalue weighted by Crippen LogP contribution is -2.18. The van der Waals surface area contributed by atoms with Crippen molar-refractivity contribution in [2.75, 3.05) is 0 Å². The summed E-state index contributed by atoms with van der Waals surface area (Å²) in [6.07, 6.45) is 0.735. The van der Waals surface area contributed by atoms with Crippen molar-refractivity contribution in [2.45, 2.75) is 41.0 Å². The van der Waals surface area contributed by atoms with E-state index in [-0.39, 0.29) is 5.92 Å². The SMILES string of the molecule is CC(C)CC(=O)[C@@H](C)C(C)C.